The third-order valence-corrected chi connectivity index (χ3v) is 3.40. The molecule has 0 bridgehead atoms. The lowest BCUT2D eigenvalue weighted by Gasteiger charge is -2.09. The van der Waals surface area contributed by atoms with Crippen LogP contribution in [0.4, 0.5) is 18.9 Å². The van der Waals surface area contributed by atoms with Gasteiger partial charge in [-0.2, -0.15) is 18.3 Å². The number of benzene rings is 1. The molecule has 2 amide bonds. The summed E-state index contributed by atoms with van der Waals surface area (Å²) in [5.74, 6) is -2.25. The Hall–Kier alpha value is -2.38. The number of carbonyl (C=O) groups excluding carboxylic acids is 2. The van der Waals surface area contributed by atoms with Gasteiger partial charge >= 0.3 is 12.1 Å². The van der Waals surface area contributed by atoms with Gasteiger partial charge in [0.15, 0.2) is 0 Å². The van der Waals surface area contributed by atoms with E-state index in [4.69, 9.17) is 0 Å². The number of hydrogen-bond donors (Lipinski definition) is 2. The van der Waals surface area contributed by atoms with Gasteiger partial charge in [0.25, 0.3) is 0 Å². The van der Waals surface area contributed by atoms with Crippen LogP contribution in [0.25, 0.3) is 0 Å². The molecule has 1 rings (SSSR count). The molecule has 0 unspecified atom stereocenters. The summed E-state index contributed by atoms with van der Waals surface area (Å²) in [6.45, 7) is 3.70. The van der Waals surface area contributed by atoms with Crippen molar-refractivity contribution in [1.29, 1.82) is 0 Å². The predicted octanol–water partition coefficient (Wildman–Crippen LogP) is 4.00. The Labute approximate surface area is 144 Å². The minimum Gasteiger partial charge on any atom is -0.318 e. The van der Waals surface area contributed by atoms with Crippen LogP contribution in [0.1, 0.15) is 51.5 Å². The second kappa shape index (κ2) is 9.80. The molecule has 0 spiro atoms. The van der Waals surface area contributed by atoms with E-state index in [9.17, 15) is 22.8 Å². The Morgan fingerprint density at radius 1 is 1.16 bits per heavy atom. The Morgan fingerprint density at radius 2 is 1.88 bits per heavy atom. The van der Waals surface area contributed by atoms with E-state index in [1.807, 2.05) is 0 Å². The number of nitrogens with one attached hydrogen (secondary N) is 2. The zero-order chi connectivity index (χ0) is 18.9. The molecule has 0 fully saturated rings. The molecule has 138 valence electrons. The summed E-state index contributed by atoms with van der Waals surface area (Å²) in [7, 11) is 0. The summed E-state index contributed by atoms with van der Waals surface area (Å²) in [4.78, 5) is 22.6. The van der Waals surface area contributed by atoms with Gasteiger partial charge in [0.05, 0.1) is 5.71 Å². The Morgan fingerprint density at radius 3 is 2.52 bits per heavy atom. The third kappa shape index (κ3) is 7.82. The molecule has 0 aromatic heterocycles. The van der Waals surface area contributed by atoms with Crippen LogP contribution >= 0.6 is 0 Å². The van der Waals surface area contributed by atoms with Crippen molar-refractivity contribution in [2.75, 3.05) is 5.32 Å². The van der Waals surface area contributed by atoms with Crippen molar-refractivity contribution in [2.45, 2.75) is 52.1 Å². The van der Waals surface area contributed by atoms with Crippen LogP contribution in [0.3, 0.4) is 0 Å². The van der Waals surface area contributed by atoms with Crippen LogP contribution in [0.2, 0.25) is 0 Å². The number of anilines is 1. The summed E-state index contributed by atoms with van der Waals surface area (Å²) >= 11 is 0. The van der Waals surface area contributed by atoms with Crippen LogP contribution in [0.15, 0.2) is 29.4 Å². The van der Waals surface area contributed by atoms with Gasteiger partial charge in [-0.05, 0) is 31.0 Å². The molecule has 0 aliphatic carbocycles. The minimum absolute atomic E-state index is 0.000247. The molecule has 0 saturated carbocycles. The maximum Gasteiger partial charge on any atom is 0.471 e. The molecule has 1 aromatic rings. The van der Waals surface area contributed by atoms with Gasteiger partial charge in [-0.15, -0.1) is 0 Å². The first-order chi connectivity index (χ1) is 11.7. The number of carbonyl (C=O) groups is 2. The molecule has 2 N–H and O–H groups in total. The average Bonchev–Trinajstić information content (AvgIpc) is 2.56. The van der Waals surface area contributed by atoms with Gasteiger partial charge in [0.2, 0.25) is 5.91 Å². The lowest BCUT2D eigenvalue weighted by molar-refractivity contribution is -0.167. The van der Waals surface area contributed by atoms with Crippen molar-refractivity contribution in [2.24, 2.45) is 5.10 Å². The van der Waals surface area contributed by atoms with Crippen molar-refractivity contribution in [3.05, 3.63) is 29.8 Å². The molecule has 0 aliphatic rings. The monoisotopic (exact) mass is 357 g/mol. The smallest absolute Gasteiger partial charge is 0.318 e. The van der Waals surface area contributed by atoms with E-state index in [-0.39, 0.29) is 11.6 Å². The molecule has 0 radical (unpaired) electrons. The van der Waals surface area contributed by atoms with E-state index in [0.717, 1.165) is 25.7 Å². The van der Waals surface area contributed by atoms with E-state index >= 15 is 0 Å². The van der Waals surface area contributed by atoms with Crippen LogP contribution in [0, 0.1) is 0 Å². The first kappa shape index (κ1) is 20.7. The highest BCUT2D eigenvalue weighted by atomic mass is 19.4. The number of rotatable bonds is 8. The SMILES string of the molecule is CCCCCCC(=O)N/N=C(/C)c1cccc(NC(=O)C(F)(F)F)c1. The fourth-order valence-corrected chi connectivity index (χ4v) is 2.00. The number of nitrogens with zero attached hydrogens (tertiary/aromatic N) is 1. The van der Waals surface area contributed by atoms with Crippen LogP contribution in [0.5, 0.6) is 0 Å². The van der Waals surface area contributed by atoms with E-state index in [1.165, 1.54) is 18.2 Å². The van der Waals surface area contributed by atoms with Gasteiger partial charge in [0.1, 0.15) is 0 Å². The number of amides is 2. The fraction of sp³-hybridized carbons (Fsp3) is 0.471. The lowest BCUT2D eigenvalue weighted by Crippen LogP contribution is -2.29. The normalized spacial score (nSPS) is 12.0. The van der Waals surface area contributed by atoms with Crippen LogP contribution < -0.4 is 10.7 Å². The highest BCUT2D eigenvalue weighted by Gasteiger charge is 2.38. The zero-order valence-corrected chi connectivity index (χ0v) is 14.2. The van der Waals surface area contributed by atoms with E-state index in [1.54, 1.807) is 18.3 Å². The molecule has 1 aromatic carbocycles. The third-order valence-electron chi connectivity index (χ3n) is 3.40. The second-order valence-electron chi connectivity index (χ2n) is 5.58. The highest BCUT2D eigenvalue weighted by Crippen LogP contribution is 2.19. The largest absolute Gasteiger partial charge is 0.471 e. The number of hydrogen-bond acceptors (Lipinski definition) is 3. The summed E-state index contributed by atoms with van der Waals surface area (Å²) in [6.07, 6.45) is -0.657. The minimum atomic E-state index is -4.95. The molecule has 25 heavy (non-hydrogen) atoms. The summed E-state index contributed by atoms with van der Waals surface area (Å²) in [5, 5.41) is 5.72. The van der Waals surface area contributed by atoms with Crippen molar-refractivity contribution in [3.63, 3.8) is 0 Å². The highest BCUT2D eigenvalue weighted by molar-refractivity contribution is 6.01. The summed E-state index contributed by atoms with van der Waals surface area (Å²) in [6, 6.07) is 5.81. The Balaban J connectivity index is 2.63. The van der Waals surface area contributed by atoms with Crippen molar-refractivity contribution in [3.8, 4) is 0 Å². The quantitative estimate of drug-likeness (QED) is 0.419. The topological polar surface area (TPSA) is 70.6 Å². The average molecular weight is 357 g/mol. The first-order valence-corrected chi connectivity index (χ1v) is 8.05. The van der Waals surface area contributed by atoms with E-state index < -0.39 is 12.1 Å². The number of alkyl halides is 3. The van der Waals surface area contributed by atoms with E-state index in [2.05, 4.69) is 17.5 Å². The maximum atomic E-state index is 12.3. The molecular formula is C17H22F3N3O2. The van der Waals surface area contributed by atoms with Gasteiger partial charge in [-0.1, -0.05) is 38.3 Å². The summed E-state index contributed by atoms with van der Waals surface area (Å²) in [5.41, 5.74) is 3.34. The van der Waals surface area contributed by atoms with Gasteiger partial charge in [0, 0.05) is 12.1 Å². The van der Waals surface area contributed by atoms with Crippen LogP contribution in [-0.2, 0) is 9.59 Å². The molecule has 5 nitrogen and oxygen atoms in total. The molecule has 8 heteroatoms. The molecule has 0 aliphatic heterocycles. The predicted molar refractivity (Wildman–Crippen MR) is 90.2 cm³/mol. The van der Waals surface area contributed by atoms with E-state index in [0.29, 0.717) is 17.7 Å². The van der Waals surface area contributed by atoms with Crippen molar-refractivity contribution in [1.82, 2.24) is 5.43 Å². The van der Waals surface area contributed by atoms with Crippen molar-refractivity contribution >= 4 is 23.2 Å². The molecule has 0 atom stereocenters. The summed E-state index contributed by atoms with van der Waals surface area (Å²) < 4.78 is 36.8. The Bertz CT molecular complexity index is 628. The Kier molecular flexibility index (Phi) is 8.10. The molecular weight excluding hydrogens is 335 g/mol. The fourth-order valence-electron chi connectivity index (χ4n) is 2.00. The standard InChI is InChI=1S/C17H22F3N3O2/c1-3-4-5-6-10-15(24)23-22-12(2)13-8-7-9-14(11-13)21-16(25)17(18,19)20/h7-9,11H,3-6,10H2,1-2H3,(H,21,25)(H,23,24)/b22-12-. The zero-order valence-electron chi connectivity index (χ0n) is 14.2. The maximum absolute atomic E-state index is 12.3. The molecule has 0 saturated heterocycles. The number of hydrazone groups is 1. The van der Waals surface area contributed by atoms with Gasteiger partial charge < -0.3 is 5.32 Å². The lowest BCUT2D eigenvalue weighted by atomic mass is 10.1. The van der Waals surface area contributed by atoms with Gasteiger partial charge in [-0.25, -0.2) is 5.43 Å². The number of unbranched alkanes of at least 4 members (excludes halogenated alkanes) is 3. The second-order valence-corrected chi connectivity index (χ2v) is 5.58. The van der Waals surface area contributed by atoms with Crippen molar-refractivity contribution < 1.29 is 22.8 Å². The van der Waals surface area contributed by atoms with Crippen LogP contribution in [-0.4, -0.2) is 23.7 Å². The molecule has 0 heterocycles. The number of halogens is 3. The first-order valence-electron chi connectivity index (χ1n) is 8.05. The van der Waals surface area contributed by atoms with Gasteiger partial charge in [-0.3, -0.25) is 9.59 Å².